The fourth-order valence-electron chi connectivity index (χ4n) is 0.996. The lowest BCUT2D eigenvalue weighted by molar-refractivity contribution is -0.131. The van der Waals surface area contributed by atoms with Crippen molar-refractivity contribution in [2.45, 2.75) is 0 Å². The smallest absolute Gasteiger partial charge is 0.377 e. The standard InChI is InChI=1S/C9H7ClO5/c1-15-7-2-4(8(12)9(13)14)5(10)3-6(7)11/h2-3,11H,1H3,(H,13,14). The fourth-order valence-corrected chi connectivity index (χ4v) is 1.24. The summed E-state index contributed by atoms with van der Waals surface area (Å²) in [5.41, 5.74) is -0.223. The molecule has 0 aliphatic rings. The van der Waals surface area contributed by atoms with Crippen LogP contribution in [0, 0.1) is 0 Å². The van der Waals surface area contributed by atoms with E-state index in [9.17, 15) is 14.7 Å². The lowest BCUT2D eigenvalue weighted by Crippen LogP contribution is -2.13. The van der Waals surface area contributed by atoms with Crippen molar-refractivity contribution >= 4 is 23.4 Å². The molecular formula is C9H7ClO5. The topological polar surface area (TPSA) is 83.8 Å². The number of ketones is 1. The fraction of sp³-hybridized carbons (Fsp3) is 0.111. The van der Waals surface area contributed by atoms with Crippen molar-refractivity contribution in [2.75, 3.05) is 7.11 Å². The van der Waals surface area contributed by atoms with Gasteiger partial charge in [0.2, 0.25) is 0 Å². The van der Waals surface area contributed by atoms with Crippen molar-refractivity contribution in [1.82, 2.24) is 0 Å². The number of aromatic hydroxyl groups is 1. The Morgan fingerprint density at radius 2 is 2.00 bits per heavy atom. The molecule has 0 heterocycles. The van der Waals surface area contributed by atoms with E-state index in [1.165, 1.54) is 7.11 Å². The monoisotopic (exact) mass is 230 g/mol. The normalized spacial score (nSPS) is 9.73. The van der Waals surface area contributed by atoms with Crippen LogP contribution in [0.3, 0.4) is 0 Å². The van der Waals surface area contributed by atoms with Crippen molar-refractivity contribution in [1.29, 1.82) is 0 Å². The van der Waals surface area contributed by atoms with Crippen molar-refractivity contribution in [3.05, 3.63) is 22.7 Å². The van der Waals surface area contributed by atoms with E-state index in [1.54, 1.807) is 0 Å². The molecule has 80 valence electrons. The molecule has 0 bridgehead atoms. The summed E-state index contributed by atoms with van der Waals surface area (Å²) in [5.74, 6) is -3.05. The predicted molar refractivity (Wildman–Crippen MR) is 51.6 cm³/mol. The Labute approximate surface area is 89.9 Å². The number of aliphatic carboxylic acids is 1. The van der Waals surface area contributed by atoms with Crippen LogP contribution in [-0.4, -0.2) is 29.1 Å². The first-order chi connectivity index (χ1) is 6.97. The van der Waals surface area contributed by atoms with E-state index in [2.05, 4.69) is 0 Å². The molecule has 1 aromatic carbocycles. The van der Waals surface area contributed by atoms with Crippen LogP contribution in [0.2, 0.25) is 5.02 Å². The van der Waals surface area contributed by atoms with E-state index < -0.39 is 11.8 Å². The van der Waals surface area contributed by atoms with E-state index >= 15 is 0 Å². The number of carbonyl (C=O) groups excluding carboxylic acids is 1. The van der Waals surface area contributed by atoms with Gasteiger partial charge >= 0.3 is 5.97 Å². The predicted octanol–water partition coefficient (Wildman–Crippen LogP) is 1.32. The molecule has 15 heavy (non-hydrogen) atoms. The van der Waals surface area contributed by atoms with Crippen LogP contribution in [-0.2, 0) is 4.79 Å². The number of hydrogen-bond donors (Lipinski definition) is 2. The third kappa shape index (κ3) is 2.19. The Balaban J connectivity index is 3.30. The quantitative estimate of drug-likeness (QED) is 0.604. The summed E-state index contributed by atoms with van der Waals surface area (Å²) in [4.78, 5) is 21.5. The molecule has 0 aliphatic carbocycles. The highest BCUT2D eigenvalue weighted by Crippen LogP contribution is 2.32. The number of carboxylic acid groups (broad SMARTS) is 1. The van der Waals surface area contributed by atoms with E-state index in [0.717, 1.165) is 12.1 Å². The molecule has 0 saturated carbocycles. The van der Waals surface area contributed by atoms with Crippen molar-refractivity contribution in [2.24, 2.45) is 0 Å². The first kappa shape index (κ1) is 11.3. The van der Waals surface area contributed by atoms with Crippen LogP contribution in [0.5, 0.6) is 11.5 Å². The third-order valence-electron chi connectivity index (χ3n) is 1.71. The molecular weight excluding hydrogens is 224 g/mol. The summed E-state index contributed by atoms with van der Waals surface area (Å²) in [5, 5.41) is 17.6. The Morgan fingerprint density at radius 1 is 1.40 bits per heavy atom. The van der Waals surface area contributed by atoms with Gasteiger partial charge in [0.05, 0.1) is 17.7 Å². The molecule has 6 heteroatoms. The number of hydrogen-bond acceptors (Lipinski definition) is 4. The Bertz CT molecular complexity index is 427. The summed E-state index contributed by atoms with van der Waals surface area (Å²) in [7, 11) is 1.28. The van der Waals surface area contributed by atoms with Crippen LogP contribution in [0.4, 0.5) is 0 Å². The number of benzene rings is 1. The van der Waals surface area contributed by atoms with E-state index in [1.807, 2.05) is 0 Å². The minimum absolute atomic E-state index is 0.0102. The molecule has 0 saturated heterocycles. The van der Waals surface area contributed by atoms with Gasteiger partial charge in [-0.05, 0) is 6.07 Å². The highest BCUT2D eigenvalue weighted by atomic mass is 35.5. The number of Topliss-reactive ketones (excluding diaryl/α,β-unsaturated/α-hetero) is 1. The van der Waals surface area contributed by atoms with Gasteiger partial charge in [0.25, 0.3) is 5.78 Å². The molecule has 0 fully saturated rings. The van der Waals surface area contributed by atoms with Crippen molar-refractivity contribution in [3.63, 3.8) is 0 Å². The molecule has 0 unspecified atom stereocenters. The highest BCUT2D eigenvalue weighted by Gasteiger charge is 2.20. The zero-order valence-corrected chi connectivity index (χ0v) is 8.41. The maximum atomic E-state index is 11.1. The van der Waals surface area contributed by atoms with Crippen LogP contribution >= 0.6 is 11.6 Å². The summed E-state index contributed by atoms with van der Waals surface area (Å²) >= 11 is 5.60. The number of ether oxygens (including phenoxy) is 1. The van der Waals surface area contributed by atoms with Crippen LogP contribution in [0.25, 0.3) is 0 Å². The molecule has 1 rings (SSSR count). The number of carboxylic acids is 1. The van der Waals surface area contributed by atoms with Gasteiger partial charge in [0, 0.05) is 6.07 Å². The van der Waals surface area contributed by atoms with Gasteiger partial charge in [-0.15, -0.1) is 0 Å². The molecule has 2 N–H and O–H groups in total. The summed E-state index contributed by atoms with van der Waals surface area (Å²) in [6.07, 6.45) is 0. The lowest BCUT2D eigenvalue weighted by Gasteiger charge is -2.06. The van der Waals surface area contributed by atoms with Gasteiger partial charge in [0.1, 0.15) is 0 Å². The second-order valence-corrected chi connectivity index (χ2v) is 3.05. The molecule has 0 amide bonds. The number of phenols is 1. The summed E-state index contributed by atoms with van der Waals surface area (Å²) in [6, 6.07) is 2.13. The minimum Gasteiger partial charge on any atom is -0.504 e. The number of methoxy groups -OCH3 is 1. The van der Waals surface area contributed by atoms with Gasteiger partial charge in [0.15, 0.2) is 11.5 Å². The largest absolute Gasteiger partial charge is 0.504 e. The second-order valence-electron chi connectivity index (χ2n) is 2.64. The SMILES string of the molecule is COc1cc(C(=O)C(=O)O)c(Cl)cc1O. The molecule has 5 nitrogen and oxygen atoms in total. The number of phenolic OH excluding ortho intramolecular Hbond substituents is 1. The average molecular weight is 231 g/mol. The van der Waals surface area contributed by atoms with Gasteiger partial charge in [-0.25, -0.2) is 4.79 Å². The summed E-state index contributed by atoms with van der Waals surface area (Å²) < 4.78 is 4.72. The lowest BCUT2D eigenvalue weighted by atomic mass is 10.1. The van der Waals surface area contributed by atoms with E-state index in [-0.39, 0.29) is 22.1 Å². The number of carbonyl (C=O) groups is 2. The number of halogens is 1. The second kappa shape index (κ2) is 4.18. The zero-order chi connectivity index (χ0) is 11.6. The van der Waals surface area contributed by atoms with Gasteiger partial charge in [-0.3, -0.25) is 4.79 Å². The summed E-state index contributed by atoms with van der Waals surface area (Å²) in [6.45, 7) is 0. The van der Waals surface area contributed by atoms with E-state index in [0.29, 0.717) is 0 Å². The Hall–Kier alpha value is -1.75. The van der Waals surface area contributed by atoms with Crippen molar-refractivity contribution < 1.29 is 24.5 Å². The first-order valence-electron chi connectivity index (χ1n) is 3.81. The minimum atomic E-state index is -1.62. The van der Waals surface area contributed by atoms with Gasteiger partial charge < -0.3 is 14.9 Å². The van der Waals surface area contributed by atoms with Crippen LogP contribution in [0.15, 0.2) is 12.1 Å². The Morgan fingerprint density at radius 3 is 2.47 bits per heavy atom. The number of rotatable bonds is 3. The van der Waals surface area contributed by atoms with Gasteiger partial charge in [-0.2, -0.15) is 0 Å². The average Bonchev–Trinajstić information content (AvgIpc) is 2.17. The molecule has 0 aromatic heterocycles. The van der Waals surface area contributed by atoms with Gasteiger partial charge in [-0.1, -0.05) is 11.6 Å². The molecule has 1 aromatic rings. The first-order valence-corrected chi connectivity index (χ1v) is 4.19. The van der Waals surface area contributed by atoms with Crippen LogP contribution in [0.1, 0.15) is 10.4 Å². The maximum absolute atomic E-state index is 11.1. The molecule has 0 atom stereocenters. The van der Waals surface area contributed by atoms with Crippen LogP contribution < -0.4 is 4.74 Å². The maximum Gasteiger partial charge on any atom is 0.377 e. The zero-order valence-electron chi connectivity index (χ0n) is 7.65. The Kier molecular flexibility index (Phi) is 3.16. The third-order valence-corrected chi connectivity index (χ3v) is 2.02. The highest BCUT2D eigenvalue weighted by molar-refractivity contribution is 6.45. The molecule has 0 radical (unpaired) electrons. The van der Waals surface area contributed by atoms with Crippen molar-refractivity contribution in [3.8, 4) is 11.5 Å². The molecule has 0 aliphatic heterocycles. The van der Waals surface area contributed by atoms with E-state index in [4.69, 9.17) is 21.4 Å². The molecule has 0 spiro atoms.